The average molecular weight is 298 g/mol. The zero-order chi connectivity index (χ0) is 15.0. The smallest absolute Gasteiger partial charge is 0.321 e. The molecule has 3 N–H and O–H groups in total. The van der Waals surface area contributed by atoms with E-state index in [0.29, 0.717) is 11.6 Å². The molecule has 0 aliphatic rings. The molecule has 0 aliphatic carbocycles. The minimum absolute atomic E-state index is 0.0162. The summed E-state index contributed by atoms with van der Waals surface area (Å²) >= 11 is 5.98. The Bertz CT molecular complexity index is 477. The zero-order valence-corrected chi connectivity index (χ0v) is 12.5. The Morgan fingerprint density at radius 3 is 2.75 bits per heavy atom. The van der Waals surface area contributed by atoms with Crippen LogP contribution in [0, 0.1) is 6.92 Å². The van der Waals surface area contributed by atoms with E-state index in [1.165, 1.54) is 0 Å². The molecule has 1 aromatic rings. The van der Waals surface area contributed by atoms with Crippen LogP contribution in [0.25, 0.3) is 0 Å². The first-order valence-electron chi connectivity index (χ1n) is 6.61. The van der Waals surface area contributed by atoms with Crippen molar-refractivity contribution in [3.8, 4) is 0 Å². The number of carbonyl (C=O) groups excluding carboxylic acids is 2. The number of rotatable bonds is 6. The molecule has 0 aromatic heterocycles. The maximum Gasteiger partial charge on any atom is 0.321 e. The van der Waals surface area contributed by atoms with Crippen molar-refractivity contribution < 1.29 is 9.59 Å². The number of unbranched alkanes of at least 4 members (excludes halogenated alkanes) is 1. The fourth-order valence-electron chi connectivity index (χ4n) is 1.57. The summed E-state index contributed by atoms with van der Waals surface area (Å²) in [6.07, 6.45) is 1.88. The summed E-state index contributed by atoms with van der Waals surface area (Å²) in [7, 11) is 0. The Morgan fingerprint density at radius 2 is 2.05 bits per heavy atom. The molecule has 6 heteroatoms. The van der Waals surface area contributed by atoms with Crippen molar-refractivity contribution in [3.63, 3.8) is 0 Å². The first-order chi connectivity index (χ1) is 9.54. The van der Waals surface area contributed by atoms with E-state index in [4.69, 9.17) is 11.6 Å². The first-order valence-corrected chi connectivity index (χ1v) is 6.99. The van der Waals surface area contributed by atoms with Gasteiger partial charge in [0.25, 0.3) is 0 Å². The van der Waals surface area contributed by atoms with Crippen molar-refractivity contribution in [3.05, 3.63) is 28.8 Å². The topological polar surface area (TPSA) is 70.2 Å². The van der Waals surface area contributed by atoms with E-state index in [1.54, 1.807) is 12.1 Å². The minimum atomic E-state index is -0.465. The molecule has 0 spiro atoms. The van der Waals surface area contributed by atoms with Crippen molar-refractivity contribution in [2.75, 3.05) is 18.4 Å². The van der Waals surface area contributed by atoms with Crippen LogP contribution < -0.4 is 16.0 Å². The van der Waals surface area contributed by atoms with E-state index in [1.807, 2.05) is 19.9 Å². The van der Waals surface area contributed by atoms with Gasteiger partial charge in [-0.05, 0) is 31.0 Å². The van der Waals surface area contributed by atoms with Crippen LogP contribution in [-0.4, -0.2) is 25.0 Å². The van der Waals surface area contributed by atoms with E-state index in [2.05, 4.69) is 16.0 Å². The Morgan fingerprint density at radius 1 is 1.30 bits per heavy atom. The van der Waals surface area contributed by atoms with Gasteiger partial charge in [0.2, 0.25) is 5.91 Å². The number of benzene rings is 1. The molecule has 0 atom stereocenters. The molecule has 0 radical (unpaired) electrons. The number of hydrogen-bond donors (Lipinski definition) is 3. The molecule has 0 aliphatic heterocycles. The van der Waals surface area contributed by atoms with Gasteiger partial charge in [-0.25, -0.2) is 4.79 Å². The van der Waals surface area contributed by atoms with E-state index < -0.39 is 11.9 Å². The van der Waals surface area contributed by atoms with Crippen LogP contribution in [0.3, 0.4) is 0 Å². The van der Waals surface area contributed by atoms with Crippen LogP contribution >= 0.6 is 11.6 Å². The van der Waals surface area contributed by atoms with Crippen molar-refractivity contribution in [2.45, 2.75) is 26.7 Å². The van der Waals surface area contributed by atoms with Gasteiger partial charge in [-0.1, -0.05) is 31.0 Å². The van der Waals surface area contributed by atoms with Crippen molar-refractivity contribution in [2.24, 2.45) is 0 Å². The molecule has 1 rings (SSSR count). The predicted octanol–water partition coefficient (Wildman–Crippen LogP) is 2.69. The number of halogens is 1. The van der Waals surface area contributed by atoms with Crippen LogP contribution in [0.1, 0.15) is 25.3 Å². The second kappa shape index (κ2) is 8.43. The SMILES string of the molecule is CCCCNC(=O)NC(=O)CNc1cccc(Cl)c1C. The minimum Gasteiger partial charge on any atom is -0.376 e. The fourth-order valence-corrected chi connectivity index (χ4v) is 1.74. The fraction of sp³-hybridized carbons (Fsp3) is 0.429. The number of imide groups is 1. The van der Waals surface area contributed by atoms with Crippen molar-refractivity contribution in [1.82, 2.24) is 10.6 Å². The first kappa shape index (κ1) is 16.3. The van der Waals surface area contributed by atoms with Crippen LogP contribution in [0.15, 0.2) is 18.2 Å². The highest BCUT2D eigenvalue weighted by molar-refractivity contribution is 6.31. The lowest BCUT2D eigenvalue weighted by Gasteiger charge is -2.10. The quantitative estimate of drug-likeness (QED) is 0.707. The lowest BCUT2D eigenvalue weighted by atomic mass is 10.2. The third-order valence-electron chi connectivity index (χ3n) is 2.78. The van der Waals surface area contributed by atoms with Gasteiger partial charge in [-0.15, -0.1) is 0 Å². The summed E-state index contributed by atoms with van der Waals surface area (Å²) in [5.74, 6) is -0.390. The molecule has 0 fully saturated rings. The molecule has 0 unspecified atom stereocenters. The second-order valence-corrected chi connectivity index (χ2v) is 4.83. The molecule has 20 heavy (non-hydrogen) atoms. The number of hydrogen-bond acceptors (Lipinski definition) is 3. The number of amides is 3. The summed E-state index contributed by atoms with van der Waals surface area (Å²) in [6.45, 7) is 4.47. The van der Waals surface area contributed by atoms with Crippen molar-refractivity contribution >= 4 is 29.2 Å². The molecular formula is C14H20ClN3O2. The standard InChI is InChI=1S/C14H20ClN3O2/c1-3-4-8-16-14(20)18-13(19)9-17-12-7-5-6-11(15)10(12)2/h5-7,17H,3-4,8-9H2,1-2H3,(H2,16,18,19,20). The van der Waals surface area contributed by atoms with E-state index in [-0.39, 0.29) is 6.54 Å². The van der Waals surface area contributed by atoms with E-state index in [9.17, 15) is 9.59 Å². The second-order valence-electron chi connectivity index (χ2n) is 4.42. The molecular weight excluding hydrogens is 278 g/mol. The Hall–Kier alpha value is -1.75. The van der Waals surface area contributed by atoms with Crippen LogP contribution in [0.2, 0.25) is 5.02 Å². The van der Waals surface area contributed by atoms with Gasteiger partial charge in [0, 0.05) is 17.3 Å². The summed E-state index contributed by atoms with van der Waals surface area (Å²) < 4.78 is 0. The van der Waals surface area contributed by atoms with Gasteiger partial charge in [0.15, 0.2) is 0 Å². The summed E-state index contributed by atoms with van der Waals surface area (Å²) in [5, 5.41) is 8.45. The number of urea groups is 1. The number of carbonyl (C=O) groups is 2. The van der Waals surface area contributed by atoms with Gasteiger partial charge in [-0.2, -0.15) is 0 Å². The molecule has 0 saturated heterocycles. The van der Waals surface area contributed by atoms with Gasteiger partial charge in [0.1, 0.15) is 0 Å². The molecule has 3 amide bonds. The van der Waals surface area contributed by atoms with Gasteiger partial charge < -0.3 is 10.6 Å². The molecule has 110 valence electrons. The van der Waals surface area contributed by atoms with E-state index >= 15 is 0 Å². The average Bonchev–Trinajstić information content (AvgIpc) is 2.41. The summed E-state index contributed by atoms with van der Waals surface area (Å²) in [4.78, 5) is 23.0. The molecule has 0 heterocycles. The Labute approximate surface area is 124 Å². The highest BCUT2D eigenvalue weighted by Crippen LogP contribution is 2.22. The Kier molecular flexibility index (Phi) is 6.87. The Balaban J connectivity index is 2.36. The van der Waals surface area contributed by atoms with E-state index in [0.717, 1.165) is 24.1 Å². The summed E-state index contributed by atoms with van der Waals surface area (Å²) in [5.41, 5.74) is 1.65. The normalized spacial score (nSPS) is 9.95. The highest BCUT2D eigenvalue weighted by atomic mass is 35.5. The lowest BCUT2D eigenvalue weighted by Crippen LogP contribution is -2.42. The zero-order valence-electron chi connectivity index (χ0n) is 11.8. The predicted molar refractivity (Wildman–Crippen MR) is 81.1 cm³/mol. The molecule has 0 saturated carbocycles. The maximum atomic E-state index is 11.6. The lowest BCUT2D eigenvalue weighted by molar-refractivity contribution is -0.118. The number of nitrogens with one attached hydrogen (secondary N) is 3. The molecule has 0 bridgehead atoms. The summed E-state index contributed by atoms with van der Waals surface area (Å²) in [6, 6.07) is 4.94. The van der Waals surface area contributed by atoms with Gasteiger partial charge in [0.05, 0.1) is 6.54 Å². The third kappa shape index (κ3) is 5.48. The van der Waals surface area contributed by atoms with Gasteiger partial charge >= 0.3 is 6.03 Å². The number of anilines is 1. The maximum absolute atomic E-state index is 11.6. The van der Waals surface area contributed by atoms with Gasteiger partial charge in [-0.3, -0.25) is 10.1 Å². The van der Waals surface area contributed by atoms with Crippen LogP contribution in [0.4, 0.5) is 10.5 Å². The molecule has 5 nitrogen and oxygen atoms in total. The monoisotopic (exact) mass is 297 g/mol. The molecule has 1 aromatic carbocycles. The largest absolute Gasteiger partial charge is 0.376 e. The highest BCUT2D eigenvalue weighted by Gasteiger charge is 2.08. The third-order valence-corrected chi connectivity index (χ3v) is 3.19. The van der Waals surface area contributed by atoms with Crippen molar-refractivity contribution in [1.29, 1.82) is 0 Å². The van der Waals surface area contributed by atoms with Crippen LogP contribution in [0.5, 0.6) is 0 Å². The van der Waals surface area contributed by atoms with Crippen LogP contribution in [-0.2, 0) is 4.79 Å².